The van der Waals surface area contributed by atoms with Crippen LogP contribution in [0.25, 0.3) is 0 Å². The highest BCUT2D eigenvalue weighted by Gasteiger charge is 2.71. The Morgan fingerprint density at radius 3 is 2.54 bits per heavy atom. The van der Waals surface area contributed by atoms with Crippen LogP contribution >= 0.6 is 0 Å². The van der Waals surface area contributed by atoms with E-state index in [9.17, 15) is 19.8 Å². The molecule has 0 spiro atoms. The van der Waals surface area contributed by atoms with Crippen LogP contribution in [0.5, 0.6) is 0 Å². The number of cyclic esters (lactones) is 1. The Morgan fingerprint density at radius 2 is 1.85 bits per heavy atom. The molecule has 0 amide bonds. The molecule has 2 N–H and O–H groups in total. The van der Waals surface area contributed by atoms with E-state index < -0.39 is 23.2 Å². The zero-order chi connectivity index (χ0) is 29.3. The topological polar surface area (TPSA) is 121 Å². The summed E-state index contributed by atoms with van der Waals surface area (Å²) in [5.41, 5.74) is -0.559. The van der Waals surface area contributed by atoms with Crippen molar-refractivity contribution in [1.82, 2.24) is 0 Å². The summed E-state index contributed by atoms with van der Waals surface area (Å²) in [5.74, 6) is 0.0175. The van der Waals surface area contributed by atoms with E-state index in [1.807, 2.05) is 6.92 Å². The van der Waals surface area contributed by atoms with Crippen LogP contribution in [0.4, 0.5) is 0 Å². The second-order valence-corrected chi connectivity index (χ2v) is 14.3. The van der Waals surface area contributed by atoms with E-state index >= 15 is 0 Å². The van der Waals surface area contributed by atoms with Gasteiger partial charge in [-0.05, 0) is 80.6 Å². The summed E-state index contributed by atoms with van der Waals surface area (Å²) in [6, 6.07) is 0. The molecular formula is C32H48O9. The van der Waals surface area contributed by atoms with Gasteiger partial charge in [0, 0.05) is 44.3 Å². The number of methoxy groups -OCH3 is 1. The van der Waals surface area contributed by atoms with E-state index in [1.54, 1.807) is 13.2 Å². The van der Waals surface area contributed by atoms with Crippen molar-refractivity contribution < 1.29 is 43.5 Å². The lowest BCUT2D eigenvalue weighted by atomic mass is 9.43. The molecule has 13 atom stereocenters. The van der Waals surface area contributed by atoms with E-state index in [0.29, 0.717) is 24.7 Å². The summed E-state index contributed by atoms with van der Waals surface area (Å²) >= 11 is 0. The van der Waals surface area contributed by atoms with Gasteiger partial charge < -0.3 is 33.9 Å². The number of fused-ring (bicyclic) bond motifs is 5. The minimum absolute atomic E-state index is 0.0898. The van der Waals surface area contributed by atoms with Gasteiger partial charge in [0.2, 0.25) is 0 Å². The molecule has 9 nitrogen and oxygen atoms in total. The molecule has 2 aliphatic heterocycles. The van der Waals surface area contributed by atoms with Crippen LogP contribution in [0.1, 0.15) is 85.5 Å². The molecule has 0 aromatic rings. The van der Waals surface area contributed by atoms with E-state index in [4.69, 9.17) is 23.7 Å². The zero-order valence-corrected chi connectivity index (χ0v) is 25.2. The number of aliphatic hydroxyl groups is 2. The Morgan fingerprint density at radius 1 is 1.07 bits per heavy atom. The van der Waals surface area contributed by atoms with Crippen LogP contribution in [-0.4, -0.2) is 78.3 Å². The molecule has 230 valence electrons. The molecule has 9 heteroatoms. The molecule has 6 aliphatic rings. The summed E-state index contributed by atoms with van der Waals surface area (Å²) in [5, 5.41) is 23.0. The Bertz CT molecular complexity index is 1080. The van der Waals surface area contributed by atoms with Crippen LogP contribution < -0.4 is 0 Å². The lowest BCUT2D eigenvalue weighted by Gasteiger charge is -2.63. The van der Waals surface area contributed by atoms with E-state index in [1.165, 1.54) is 6.92 Å². The molecule has 0 aromatic carbocycles. The molecule has 6 unspecified atom stereocenters. The van der Waals surface area contributed by atoms with Gasteiger partial charge in [-0.1, -0.05) is 13.8 Å². The monoisotopic (exact) mass is 576 g/mol. The van der Waals surface area contributed by atoms with Gasteiger partial charge in [0.25, 0.3) is 0 Å². The van der Waals surface area contributed by atoms with Crippen molar-refractivity contribution in [2.75, 3.05) is 13.7 Å². The quantitative estimate of drug-likeness (QED) is 0.373. The number of carbonyl (C=O) groups is 2. The van der Waals surface area contributed by atoms with Crippen molar-refractivity contribution in [3.05, 3.63) is 11.6 Å². The molecule has 4 saturated carbocycles. The predicted octanol–water partition coefficient (Wildman–Crippen LogP) is 3.68. The molecule has 6 rings (SSSR count). The Labute approximate surface area is 243 Å². The smallest absolute Gasteiger partial charge is 0.331 e. The number of hydrogen-bond donors (Lipinski definition) is 2. The van der Waals surface area contributed by atoms with Crippen LogP contribution in [0.2, 0.25) is 0 Å². The van der Waals surface area contributed by atoms with Gasteiger partial charge >= 0.3 is 11.9 Å². The summed E-state index contributed by atoms with van der Waals surface area (Å²) in [6.07, 6.45) is 7.14. The Balaban J connectivity index is 1.19. The number of rotatable bonds is 5. The molecule has 0 aromatic heterocycles. The summed E-state index contributed by atoms with van der Waals surface area (Å²) in [7, 11) is 1.62. The van der Waals surface area contributed by atoms with Gasteiger partial charge in [-0.15, -0.1) is 0 Å². The van der Waals surface area contributed by atoms with Gasteiger partial charge in [0.1, 0.15) is 18.8 Å². The molecule has 0 radical (unpaired) electrons. The Hall–Kier alpha value is -1.52. The highest BCUT2D eigenvalue weighted by molar-refractivity contribution is 5.85. The fourth-order valence-corrected chi connectivity index (χ4v) is 10.4. The van der Waals surface area contributed by atoms with Crippen molar-refractivity contribution in [3.63, 3.8) is 0 Å². The molecule has 41 heavy (non-hydrogen) atoms. The van der Waals surface area contributed by atoms with Gasteiger partial charge in [-0.2, -0.15) is 0 Å². The standard InChI is InChI=1S/C32H48O9/c1-17-29(35)24(37-5)14-27(39-17)41-21-8-10-30(3)20(13-21)6-7-23-22(30)9-11-31(4)28(19-12-26(34)38-16-19)25(40-18(2)33)15-32(23,31)36/h12,17,20-25,27-29,35-36H,6-11,13-16H2,1-5H3/t17-,20-,21+,22?,23?,24+,25+,27+,28?,29-,30?,31?,32?/m1/s1. The first-order chi connectivity index (χ1) is 19.4. The van der Waals surface area contributed by atoms with E-state index in [0.717, 1.165) is 50.5 Å². The van der Waals surface area contributed by atoms with Gasteiger partial charge in [0.15, 0.2) is 6.29 Å². The first-order valence-corrected chi connectivity index (χ1v) is 15.7. The third-order valence-electron chi connectivity index (χ3n) is 12.5. The molecular weight excluding hydrogens is 528 g/mol. The fraction of sp³-hybridized carbons (Fsp3) is 0.875. The summed E-state index contributed by atoms with van der Waals surface area (Å²) in [6.45, 7) is 8.06. The number of hydrogen-bond acceptors (Lipinski definition) is 9. The minimum Gasteiger partial charge on any atom is -0.462 e. The van der Waals surface area contributed by atoms with Crippen LogP contribution in [0, 0.1) is 34.5 Å². The zero-order valence-electron chi connectivity index (χ0n) is 25.2. The fourth-order valence-electron chi connectivity index (χ4n) is 10.4. The molecule has 5 fully saturated rings. The number of ether oxygens (including phenoxy) is 5. The molecule has 0 bridgehead atoms. The van der Waals surface area contributed by atoms with Gasteiger partial charge in [-0.25, -0.2) is 4.79 Å². The Kier molecular flexibility index (Phi) is 7.62. The molecule has 2 heterocycles. The highest BCUT2D eigenvalue weighted by atomic mass is 16.7. The van der Waals surface area contributed by atoms with Crippen LogP contribution in [0.3, 0.4) is 0 Å². The van der Waals surface area contributed by atoms with Crippen molar-refractivity contribution in [2.24, 2.45) is 34.5 Å². The third kappa shape index (κ3) is 4.69. The third-order valence-corrected chi connectivity index (χ3v) is 12.5. The second-order valence-electron chi connectivity index (χ2n) is 14.3. The van der Waals surface area contributed by atoms with E-state index in [-0.39, 0.29) is 60.4 Å². The summed E-state index contributed by atoms with van der Waals surface area (Å²) < 4.78 is 29.1. The maximum atomic E-state index is 12.7. The first kappa shape index (κ1) is 29.5. The first-order valence-electron chi connectivity index (χ1n) is 15.7. The van der Waals surface area contributed by atoms with Crippen molar-refractivity contribution in [3.8, 4) is 0 Å². The molecule has 1 saturated heterocycles. The maximum absolute atomic E-state index is 12.7. The average Bonchev–Trinajstić information content (AvgIpc) is 3.42. The second kappa shape index (κ2) is 10.6. The van der Waals surface area contributed by atoms with Crippen molar-refractivity contribution in [1.29, 1.82) is 0 Å². The largest absolute Gasteiger partial charge is 0.462 e. The van der Waals surface area contributed by atoms with Crippen molar-refractivity contribution in [2.45, 2.75) is 128 Å². The number of esters is 2. The lowest BCUT2D eigenvalue weighted by molar-refractivity contribution is -0.273. The normalized spacial score (nSPS) is 51.2. The summed E-state index contributed by atoms with van der Waals surface area (Å²) in [4.78, 5) is 24.2. The van der Waals surface area contributed by atoms with Crippen molar-refractivity contribution >= 4 is 11.9 Å². The van der Waals surface area contributed by atoms with E-state index in [2.05, 4.69) is 13.8 Å². The van der Waals surface area contributed by atoms with Crippen LogP contribution in [-0.2, 0) is 33.3 Å². The SMILES string of the molecule is CO[C@H]1C[C@H](O[C@H]2CCC3(C)C4CCC5(C)C(C6=CC(=O)OC6)[C@@H](OC(C)=O)CC5(O)C4CC[C@@H]3C2)O[C@H](C)[C@H]1O. The van der Waals surface area contributed by atoms with Gasteiger partial charge in [-0.3, -0.25) is 4.79 Å². The lowest BCUT2D eigenvalue weighted by Crippen LogP contribution is -2.62. The van der Waals surface area contributed by atoms with Gasteiger partial charge in [0.05, 0.1) is 23.9 Å². The average molecular weight is 577 g/mol. The number of carbonyl (C=O) groups excluding carboxylic acids is 2. The molecule has 4 aliphatic carbocycles. The highest BCUT2D eigenvalue weighted by Crippen LogP contribution is 2.70. The minimum atomic E-state index is -0.990. The predicted molar refractivity (Wildman–Crippen MR) is 147 cm³/mol. The van der Waals surface area contributed by atoms with Crippen LogP contribution in [0.15, 0.2) is 11.6 Å². The number of aliphatic hydroxyl groups excluding tert-OH is 1. The maximum Gasteiger partial charge on any atom is 0.331 e.